The first-order valence-corrected chi connectivity index (χ1v) is 11.2. The smallest absolute Gasteiger partial charge is 0.335 e. The number of amides is 1. The minimum Gasteiger partial charge on any atom is -0.507 e. The molecule has 1 atom stereocenters. The molecule has 1 aliphatic rings. The van der Waals surface area contributed by atoms with Crippen molar-refractivity contribution in [1.29, 1.82) is 0 Å². The van der Waals surface area contributed by atoms with Gasteiger partial charge in [0.25, 0.3) is 11.7 Å². The topological polar surface area (TPSA) is 104 Å². The number of hydrogen-bond donors (Lipinski definition) is 2. The Morgan fingerprint density at radius 3 is 2.14 bits per heavy atom. The number of aliphatic hydroxyl groups is 1. The predicted molar refractivity (Wildman–Crippen MR) is 130 cm³/mol. The lowest BCUT2D eigenvalue weighted by Gasteiger charge is -2.26. The van der Waals surface area contributed by atoms with Gasteiger partial charge in [-0.15, -0.1) is 0 Å². The maximum absolute atomic E-state index is 13.2. The summed E-state index contributed by atoms with van der Waals surface area (Å²) in [5.41, 5.74) is 2.90. The Kier molecular flexibility index (Phi) is 6.68. The number of rotatable bonds is 7. The highest BCUT2D eigenvalue weighted by Gasteiger charge is 2.46. The van der Waals surface area contributed by atoms with Gasteiger partial charge in [0, 0.05) is 12.1 Å². The van der Waals surface area contributed by atoms with E-state index in [0.29, 0.717) is 22.4 Å². The molecule has 7 heteroatoms. The van der Waals surface area contributed by atoms with Crippen LogP contribution in [0.25, 0.3) is 5.76 Å². The van der Waals surface area contributed by atoms with Crippen LogP contribution in [-0.4, -0.2) is 39.9 Å². The monoisotopic (exact) mass is 471 g/mol. The van der Waals surface area contributed by atoms with Gasteiger partial charge in [-0.3, -0.25) is 9.59 Å². The summed E-state index contributed by atoms with van der Waals surface area (Å²) < 4.78 is 5.34. The summed E-state index contributed by atoms with van der Waals surface area (Å²) in [5, 5.41) is 20.4. The molecule has 0 bridgehead atoms. The Bertz CT molecular complexity index is 1310. The van der Waals surface area contributed by atoms with Crippen LogP contribution in [0.1, 0.15) is 45.6 Å². The minimum absolute atomic E-state index is 0.00495. The first kappa shape index (κ1) is 23.8. The Labute approximate surface area is 202 Å². The van der Waals surface area contributed by atoms with Crippen LogP contribution in [0.15, 0.2) is 78.4 Å². The summed E-state index contributed by atoms with van der Waals surface area (Å²) in [6.45, 7) is 2.07. The fourth-order valence-corrected chi connectivity index (χ4v) is 4.20. The third-order valence-corrected chi connectivity index (χ3v) is 6.14. The summed E-state index contributed by atoms with van der Waals surface area (Å²) in [7, 11) is 1.52. The lowest BCUT2D eigenvalue weighted by molar-refractivity contribution is -0.140. The van der Waals surface area contributed by atoms with Crippen LogP contribution in [0.3, 0.4) is 0 Å². The standard InChI is InChI=1S/C28H25NO6/c1-3-17-7-11-19(12-8-17)25(30)23-24(21-5-4-6-22(15-21)35-2)29(27(32)26(23)31)16-18-9-13-20(14-10-18)28(33)34/h4-15,24,30H,3,16H2,1-2H3,(H,33,34)/b25-23+. The number of aromatic carboxylic acids is 1. The van der Waals surface area contributed by atoms with Crippen molar-refractivity contribution >= 4 is 23.4 Å². The Morgan fingerprint density at radius 2 is 1.54 bits per heavy atom. The number of ether oxygens (including phenoxy) is 1. The van der Waals surface area contributed by atoms with Gasteiger partial charge < -0.3 is 19.8 Å². The lowest BCUT2D eigenvalue weighted by Crippen LogP contribution is -2.29. The number of Topliss-reactive ketones (excluding diaryl/α,β-unsaturated/α-hetero) is 1. The maximum atomic E-state index is 13.2. The number of ketones is 1. The number of aryl methyl sites for hydroxylation is 1. The third-order valence-electron chi connectivity index (χ3n) is 6.14. The van der Waals surface area contributed by atoms with Crippen molar-refractivity contribution in [3.05, 3.63) is 106 Å². The van der Waals surface area contributed by atoms with Crippen LogP contribution < -0.4 is 4.74 Å². The number of nitrogens with zero attached hydrogens (tertiary/aromatic N) is 1. The molecule has 3 aromatic rings. The van der Waals surface area contributed by atoms with Crippen LogP contribution in [0.2, 0.25) is 0 Å². The molecule has 1 heterocycles. The number of likely N-dealkylation sites (tertiary alicyclic amines) is 1. The zero-order chi connectivity index (χ0) is 25.1. The van der Waals surface area contributed by atoms with Crippen molar-refractivity contribution in [3.63, 3.8) is 0 Å². The SMILES string of the molecule is CCc1ccc(/C(O)=C2\C(=O)C(=O)N(Cc3ccc(C(=O)O)cc3)C2c2cccc(OC)c2)cc1. The largest absolute Gasteiger partial charge is 0.507 e. The number of hydrogen-bond acceptors (Lipinski definition) is 5. The van der Waals surface area contributed by atoms with E-state index in [-0.39, 0.29) is 23.4 Å². The molecule has 7 nitrogen and oxygen atoms in total. The molecular weight excluding hydrogens is 446 g/mol. The lowest BCUT2D eigenvalue weighted by atomic mass is 9.94. The molecule has 0 radical (unpaired) electrons. The highest BCUT2D eigenvalue weighted by Crippen LogP contribution is 2.41. The first-order valence-electron chi connectivity index (χ1n) is 11.2. The predicted octanol–water partition coefficient (Wildman–Crippen LogP) is 4.58. The Hall–Kier alpha value is -4.39. The van der Waals surface area contributed by atoms with Crippen molar-refractivity contribution in [1.82, 2.24) is 4.90 Å². The molecule has 35 heavy (non-hydrogen) atoms. The number of methoxy groups -OCH3 is 1. The van der Waals surface area contributed by atoms with E-state index >= 15 is 0 Å². The molecule has 0 spiro atoms. The molecule has 0 aromatic heterocycles. The van der Waals surface area contributed by atoms with Crippen molar-refractivity contribution in [3.8, 4) is 5.75 Å². The fourth-order valence-electron chi connectivity index (χ4n) is 4.20. The summed E-state index contributed by atoms with van der Waals surface area (Å²) in [5.74, 6) is -2.28. The molecule has 178 valence electrons. The van der Waals surface area contributed by atoms with Gasteiger partial charge in [0.15, 0.2) is 0 Å². The average molecular weight is 472 g/mol. The van der Waals surface area contributed by atoms with E-state index < -0.39 is 23.7 Å². The normalized spacial score (nSPS) is 17.0. The van der Waals surface area contributed by atoms with Gasteiger partial charge in [-0.05, 0) is 47.4 Å². The van der Waals surface area contributed by atoms with E-state index in [4.69, 9.17) is 9.84 Å². The number of carboxylic acids is 1. The average Bonchev–Trinajstić information content (AvgIpc) is 3.13. The zero-order valence-electron chi connectivity index (χ0n) is 19.4. The molecule has 1 fully saturated rings. The van der Waals surface area contributed by atoms with Crippen LogP contribution >= 0.6 is 0 Å². The van der Waals surface area contributed by atoms with E-state index in [1.807, 2.05) is 19.1 Å². The quantitative estimate of drug-likeness (QED) is 0.297. The van der Waals surface area contributed by atoms with Crippen molar-refractivity contribution in [2.75, 3.05) is 7.11 Å². The molecule has 2 N–H and O–H groups in total. The number of carbonyl (C=O) groups is 3. The Balaban J connectivity index is 1.82. The number of carboxylic acid groups (broad SMARTS) is 1. The van der Waals surface area contributed by atoms with E-state index in [2.05, 4.69) is 0 Å². The Morgan fingerprint density at radius 1 is 0.914 bits per heavy atom. The molecule has 3 aromatic carbocycles. The first-order chi connectivity index (χ1) is 16.8. The molecule has 1 saturated heterocycles. The van der Waals surface area contributed by atoms with Crippen LogP contribution in [-0.2, 0) is 22.6 Å². The zero-order valence-corrected chi connectivity index (χ0v) is 19.4. The molecular formula is C28H25NO6. The maximum Gasteiger partial charge on any atom is 0.335 e. The van der Waals surface area contributed by atoms with E-state index in [9.17, 15) is 19.5 Å². The number of benzene rings is 3. The van der Waals surface area contributed by atoms with Crippen LogP contribution in [0, 0.1) is 0 Å². The molecule has 1 aliphatic heterocycles. The molecule has 1 unspecified atom stereocenters. The van der Waals surface area contributed by atoms with Gasteiger partial charge in [-0.25, -0.2) is 4.79 Å². The molecule has 0 saturated carbocycles. The van der Waals surface area contributed by atoms with Crippen LogP contribution in [0.4, 0.5) is 0 Å². The minimum atomic E-state index is -1.05. The van der Waals surface area contributed by atoms with E-state index in [1.54, 1.807) is 48.5 Å². The highest BCUT2D eigenvalue weighted by atomic mass is 16.5. The second kappa shape index (κ2) is 9.85. The molecule has 1 amide bonds. The summed E-state index contributed by atoms with van der Waals surface area (Å²) >= 11 is 0. The molecule has 4 rings (SSSR count). The van der Waals surface area contributed by atoms with Gasteiger partial charge in [0.1, 0.15) is 11.5 Å². The van der Waals surface area contributed by atoms with Gasteiger partial charge >= 0.3 is 5.97 Å². The second-order valence-corrected chi connectivity index (χ2v) is 8.26. The number of carbonyl (C=O) groups excluding carboxylic acids is 2. The van der Waals surface area contributed by atoms with Gasteiger partial charge in [0.05, 0.1) is 24.3 Å². The van der Waals surface area contributed by atoms with Crippen molar-refractivity contribution in [2.24, 2.45) is 0 Å². The van der Waals surface area contributed by atoms with Crippen molar-refractivity contribution < 1.29 is 29.3 Å². The number of aliphatic hydroxyl groups excluding tert-OH is 1. The van der Waals surface area contributed by atoms with Gasteiger partial charge in [-0.2, -0.15) is 0 Å². The highest BCUT2D eigenvalue weighted by molar-refractivity contribution is 6.46. The van der Waals surface area contributed by atoms with E-state index in [1.165, 1.54) is 24.1 Å². The second-order valence-electron chi connectivity index (χ2n) is 8.26. The summed E-state index contributed by atoms with van der Waals surface area (Å²) in [6, 6.07) is 19.5. The van der Waals surface area contributed by atoms with Crippen LogP contribution in [0.5, 0.6) is 5.75 Å². The molecule has 0 aliphatic carbocycles. The van der Waals surface area contributed by atoms with Gasteiger partial charge in [-0.1, -0.05) is 55.5 Å². The fraction of sp³-hybridized carbons (Fsp3) is 0.179. The summed E-state index contributed by atoms with van der Waals surface area (Å²) in [6.07, 6.45) is 0.829. The van der Waals surface area contributed by atoms with Gasteiger partial charge in [0.2, 0.25) is 0 Å². The third kappa shape index (κ3) is 4.66. The van der Waals surface area contributed by atoms with Crippen molar-refractivity contribution in [2.45, 2.75) is 25.9 Å². The van der Waals surface area contributed by atoms with E-state index in [0.717, 1.165) is 12.0 Å². The summed E-state index contributed by atoms with van der Waals surface area (Å²) in [4.78, 5) is 39.0.